The molecule has 0 saturated carbocycles. The third-order valence-corrected chi connectivity index (χ3v) is 2.78. The normalized spacial score (nSPS) is 9.79. The minimum Gasteiger partial charge on any atom is -0.207 e. The summed E-state index contributed by atoms with van der Waals surface area (Å²) in [7, 11) is 0. The first-order valence-corrected chi connectivity index (χ1v) is 5.56. The zero-order valence-corrected chi connectivity index (χ0v) is 9.04. The van der Waals surface area contributed by atoms with Crippen molar-refractivity contribution in [3.63, 3.8) is 0 Å². The average Bonchev–Trinajstić information content (AvgIpc) is 2.16. The number of nitriles is 1. The van der Waals surface area contributed by atoms with Gasteiger partial charge < -0.3 is 0 Å². The predicted octanol–water partition coefficient (Wildman–Crippen LogP) is 3.63. The molecule has 0 radical (unpaired) electrons. The lowest BCUT2D eigenvalue weighted by Crippen LogP contribution is -1.93. The number of benzene rings is 1. The van der Waals surface area contributed by atoms with Gasteiger partial charge in [-0.3, -0.25) is 0 Å². The van der Waals surface area contributed by atoms with E-state index in [1.165, 1.54) is 17.8 Å². The van der Waals surface area contributed by atoms with Crippen molar-refractivity contribution in [1.82, 2.24) is 0 Å². The molecule has 0 heterocycles. The summed E-state index contributed by atoms with van der Waals surface area (Å²) >= 11 is 7.01. The van der Waals surface area contributed by atoms with E-state index in [9.17, 15) is 4.39 Å². The van der Waals surface area contributed by atoms with Crippen LogP contribution < -0.4 is 0 Å². The zero-order valence-electron chi connectivity index (χ0n) is 7.46. The van der Waals surface area contributed by atoms with Gasteiger partial charge in [0.15, 0.2) is 0 Å². The Hall–Kier alpha value is -0.720. The zero-order chi connectivity index (χ0) is 10.4. The van der Waals surface area contributed by atoms with Crippen molar-refractivity contribution >= 4 is 23.4 Å². The van der Waals surface area contributed by atoms with Gasteiger partial charge in [0.2, 0.25) is 0 Å². The van der Waals surface area contributed by atoms with Crippen LogP contribution in [0.1, 0.15) is 12.0 Å². The van der Waals surface area contributed by atoms with Crippen molar-refractivity contribution in [3.05, 3.63) is 34.6 Å². The summed E-state index contributed by atoms with van der Waals surface area (Å²) in [6.07, 6.45) is 1.35. The number of nitrogens with zero attached hydrogens (tertiary/aromatic N) is 1. The molecule has 0 aliphatic carbocycles. The lowest BCUT2D eigenvalue weighted by Gasteiger charge is -2.03. The van der Waals surface area contributed by atoms with Crippen molar-refractivity contribution < 1.29 is 4.39 Å². The molecule has 0 aromatic heterocycles. The lowest BCUT2D eigenvalue weighted by atomic mass is 10.1. The Morgan fingerprint density at radius 2 is 2.29 bits per heavy atom. The second-order valence-corrected chi connectivity index (χ2v) is 4.03. The highest BCUT2D eigenvalue weighted by molar-refractivity contribution is 8.03. The third kappa shape index (κ3) is 3.21. The standard InChI is InChI=1S/C10H9ClFNS/c11-9-4-1-5-10(12)8(9)3-2-6-14-7-13/h1,4-5H,2-3,6H2. The molecule has 0 fully saturated rings. The van der Waals surface area contributed by atoms with Crippen LogP contribution in [0.5, 0.6) is 0 Å². The average molecular weight is 230 g/mol. The van der Waals surface area contributed by atoms with Gasteiger partial charge in [-0.2, -0.15) is 5.26 Å². The van der Waals surface area contributed by atoms with Gasteiger partial charge in [0.05, 0.1) is 0 Å². The van der Waals surface area contributed by atoms with Gasteiger partial charge in [0.25, 0.3) is 0 Å². The largest absolute Gasteiger partial charge is 0.207 e. The maximum atomic E-state index is 13.2. The van der Waals surface area contributed by atoms with Gasteiger partial charge in [-0.15, -0.1) is 0 Å². The molecule has 0 unspecified atom stereocenters. The Bertz CT molecular complexity index is 328. The van der Waals surface area contributed by atoms with Gasteiger partial charge in [-0.05, 0) is 36.7 Å². The second-order valence-electron chi connectivity index (χ2n) is 2.74. The van der Waals surface area contributed by atoms with Crippen molar-refractivity contribution in [2.24, 2.45) is 0 Å². The molecule has 0 bridgehead atoms. The molecule has 0 amide bonds. The van der Waals surface area contributed by atoms with Gasteiger partial charge in [0, 0.05) is 16.3 Å². The first-order chi connectivity index (χ1) is 6.75. The molecule has 4 heteroatoms. The van der Waals surface area contributed by atoms with Crippen LogP contribution in [0.3, 0.4) is 0 Å². The molecule has 0 saturated heterocycles. The van der Waals surface area contributed by atoms with Gasteiger partial charge in [-0.1, -0.05) is 17.7 Å². The Morgan fingerprint density at radius 3 is 2.93 bits per heavy atom. The molecule has 1 aromatic rings. The smallest absolute Gasteiger partial charge is 0.133 e. The highest BCUT2D eigenvalue weighted by Crippen LogP contribution is 2.20. The summed E-state index contributed by atoms with van der Waals surface area (Å²) in [4.78, 5) is 0. The number of halogens is 2. The molecule has 1 rings (SSSR count). The van der Waals surface area contributed by atoms with E-state index in [2.05, 4.69) is 0 Å². The monoisotopic (exact) mass is 229 g/mol. The van der Waals surface area contributed by atoms with Crippen LogP contribution in [0.2, 0.25) is 5.02 Å². The van der Waals surface area contributed by atoms with Crippen LogP contribution in [-0.4, -0.2) is 5.75 Å². The fourth-order valence-corrected chi connectivity index (χ4v) is 1.78. The van der Waals surface area contributed by atoms with Gasteiger partial charge >= 0.3 is 0 Å². The summed E-state index contributed by atoms with van der Waals surface area (Å²) in [6, 6.07) is 4.67. The molecule has 74 valence electrons. The summed E-state index contributed by atoms with van der Waals surface area (Å²) in [6.45, 7) is 0. The van der Waals surface area contributed by atoms with Crippen molar-refractivity contribution in [2.75, 3.05) is 5.75 Å². The molecule has 0 N–H and O–H groups in total. The molecule has 0 aliphatic rings. The highest BCUT2D eigenvalue weighted by atomic mass is 35.5. The number of hydrogen-bond donors (Lipinski definition) is 0. The first kappa shape index (κ1) is 11.4. The van der Waals surface area contributed by atoms with E-state index < -0.39 is 0 Å². The first-order valence-electron chi connectivity index (χ1n) is 4.19. The van der Waals surface area contributed by atoms with Crippen molar-refractivity contribution in [1.29, 1.82) is 5.26 Å². The second kappa shape index (κ2) is 5.90. The third-order valence-electron chi connectivity index (χ3n) is 1.80. The molecule has 0 aliphatic heterocycles. The predicted molar refractivity (Wildman–Crippen MR) is 57.8 cm³/mol. The summed E-state index contributed by atoms with van der Waals surface area (Å²) in [5.74, 6) is 0.445. The van der Waals surface area contributed by atoms with E-state index in [4.69, 9.17) is 16.9 Å². The van der Waals surface area contributed by atoms with Gasteiger partial charge in [-0.25, -0.2) is 4.39 Å². The van der Waals surface area contributed by atoms with Crippen LogP contribution in [0, 0.1) is 16.5 Å². The number of thioether (sulfide) groups is 1. The fourth-order valence-electron chi connectivity index (χ4n) is 1.14. The summed E-state index contributed by atoms with van der Waals surface area (Å²) in [5, 5.41) is 10.7. The van der Waals surface area contributed by atoms with E-state index in [1.807, 2.05) is 5.40 Å². The van der Waals surface area contributed by atoms with Gasteiger partial charge in [0.1, 0.15) is 11.2 Å². The number of thiocyanates is 1. The molecule has 1 aromatic carbocycles. The van der Waals surface area contributed by atoms with Crippen LogP contribution >= 0.6 is 23.4 Å². The Morgan fingerprint density at radius 1 is 1.50 bits per heavy atom. The molecular formula is C10H9ClFNS. The Kier molecular flexibility index (Phi) is 4.78. The van der Waals surface area contributed by atoms with Crippen LogP contribution in [-0.2, 0) is 6.42 Å². The van der Waals surface area contributed by atoms with Crippen LogP contribution in [0.15, 0.2) is 18.2 Å². The molecule has 14 heavy (non-hydrogen) atoms. The fraction of sp³-hybridized carbons (Fsp3) is 0.300. The summed E-state index contributed by atoms with van der Waals surface area (Å²) < 4.78 is 13.2. The SMILES string of the molecule is N#CSCCCc1c(F)cccc1Cl. The highest BCUT2D eigenvalue weighted by Gasteiger charge is 2.05. The number of hydrogen-bond acceptors (Lipinski definition) is 2. The van der Waals surface area contributed by atoms with E-state index in [0.717, 1.165) is 6.42 Å². The lowest BCUT2D eigenvalue weighted by molar-refractivity contribution is 0.608. The maximum Gasteiger partial charge on any atom is 0.133 e. The maximum absolute atomic E-state index is 13.2. The van der Waals surface area contributed by atoms with Crippen LogP contribution in [0.25, 0.3) is 0 Å². The molecule has 0 spiro atoms. The van der Waals surface area contributed by atoms with E-state index >= 15 is 0 Å². The molecule has 1 nitrogen and oxygen atoms in total. The van der Waals surface area contributed by atoms with Crippen molar-refractivity contribution in [2.45, 2.75) is 12.8 Å². The van der Waals surface area contributed by atoms with E-state index in [0.29, 0.717) is 22.8 Å². The Labute approximate surface area is 91.9 Å². The Balaban J connectivity index is 2.54. The number of rotatable bonds is 4. The van der Waals surface area contributed by atoms with Crippen LogP contribution in [0.4, 0.5) is 4.39 Å². The van der Waals surface area contributed by atoms with E-state index in [-0.39, 0.29) is 5.82 Å². The molecule has 0 atom stereocenters. The summed E-state index contributed by atoms with van der Waals surface area (Å²) in [5.41, 5.74) is 0.549. The topological polar surface area (TPSA) is 23.8 Å². The van der Waals surface area contributed by atoms with E-state index in [1.54, 1.807) is 12.1 Å². The quantitative estimate of drug-likeness (QED) is 0.582. The molecular weight excluding hydrogens is 221 g/mol. The minimum absolute atomic E-state index is 0.264. The van der Waals surface area contributed by atoms with Crippen molar-refractivity contribution in [3.8, 4) is 5.40 Å². The minimum atomic E-state index is -0.264.